The van der Waals surface area contributed by atoms with Crippen LogP contribution in [0.15, 0.2) is 28.8 Å². The third kappa shape index (κ3) is 6.10. The van der Waals surface area contributed by atoms with Gasteiger partial charge in [0.05, 0.1) is 12.1 Å². The van der Waals surface area contributed by atoms with E-state index in [4.69, 9.17) is 20.8 Å². The molecule has 16 heteroatoms. The van der Waals surface area contributed by atoms with E-state index in [1.807, 2.05) is 0 Å². The van der Waals surface area contributed by atoms with Crippen LogP contribution in [-0.4, -0.2) is 74.0 Å². The number of fused-ring (bicyclic) bond motifs is 1. The summed E-state index contributed by atoms with van der Waals surface area (Å²) in [6.45, 7) is -1.35. The molecule has 188 valence electrons. The van der Waals surface area contributed by atoms with E-state index in [2.05, 4.69) is 25.3 Å². The van der Waals surface area contributed by atoms with Gasteiger partial charge < -0.3 is 19.6 Å². The molecule has 1 aliphatic rings. The molecular weight excluding hydrogens is 501 g/mol. The van der Waals surface area contributed by atoms with E-state index in [0.717, 1.165) is 4.90 Å². The van der Waals surface area contributed by atoms with E-state index in [1.165, 1.54) is 4.52 Å². The van der Waals surface area contributed by atoms with E-state index in [0.29, 0.717) is 17.0 Å². The fourth-order valence-corrected chi connectivity index (χ4v) is 3.76. The van der Waals surface area contributed by atoms with Gasteiger partial charge in [-0.25, -0.2) is 9.31 Å². The van der Waals surface area contributed by atoms with Gasteiger partial charge in [-0.15, -0.1) is 18.3 Å². The molecule has 0 aliphatic carbocycles. The summed E-state index contributed by atoms with van der Waals surface area (Å²) in [5.41, 5.74) is 0.766. The van der Waals surface area contributed by atoms with Crippen molar-refractivity contribution in [2.45, 2.75) is 31.3 Å². The average Bonchev–Trinajstić information content (AvgIpc) is 3.43. The van der Waals surface area contributed by atoms with Crippen LogP contribution in [0.1, 0.15) is 35.3 Å². The van der Waals surface area contributed by atoms with Gasteiger partial charge in [0.1, 0.15) is 12.6 Å². The Kier molecular flexibility index (Phi) is 6.98. The molecule has 2 amide bonds. The molecule has 12 nitrogen and oxygen atoms in total. The van der Waals surface area contributed by atoms with E-state index in [-0.39, 0.29) is 24.6 Å². The summed E-state index contributed by atoms with van der Waals surface area (Å²) in [5, 5.41) is 24.4. The van der Waals surface area contributed by atoms with E-state index >= 15 is 0 Å². The highest BCUT2D eigenvalue weighted by molar-refractivity contribution is 6.30. The fraction of sp³-hybridized carbons (Fsp3) is 0.421. The van der Waals surface area contributed by atoms with Crippen LogP contribution in [0.5, 0.6) is 6.08 Å². The van der Waals surface area contributed by atoms with Crippen molar-refractivity contribution in [2.75, 3.05) is 19.8 Å². The molecule has 0 bridgehead atoms. The van der Waals surface area contributed by atoms with Gasteiger partial charge >= 0.3 is 18.5 Å². The lowest BCUT2D eigenvalue weighted by Crippen LogP contribution is -2.50. The van der Waals surface area contributed by atoms with Crippen LogP contribution in [0, 0.1) is 0 Å². The van der Waals surface area contributed by atoms with Crippen molar-refractivity contribution in [3.05, 3.63) is 41.0 Å². The highest BCUT2D eigenvalue weighted by atomic mass is 35.5. The molecule has 0 unspecified atom stereocenters. The van der Waals surface area contributed by atoms with Gasteiger partial charge in [0.25, 0.3) is 5.91 Å². The number of hydrogen-bond donors (Lipinski definition) is 2. The van der Waals surface area contributed by atoms with Crippen LogP contribution in [0.4, 0.5) is 18.0 Å². The Morgan fingerprint density at radius 2 is 2.06 bits per heavy atom. The summed E-state index contributed by atoms with van der Waals surface area (Å²) in [4.78, 5) is 25.5. The minimum absolute atomic E-state index is 0.0665. The number of halogens is 4. The highest BCUT2D eigenvalue weighted by Gasteiger charge is 2.37. The maximum absolute atomic E-state index is 12.7. The van der Waals surface area contributed by atoms with Crippen LogP contribution in [0.25, 0.3) is 5.52 Å². The smallest absolute Gasteiger partial charge is 0.465 e. The summed E-state index contributed by atoms with van der Waals surface area (Å²) in [6, 6.07) is 3.49. The Morgan fingerprint density at radius 1 is 1.26 bits per heavy atom. The summed E-state index contributed by atoms with van der Waals surface area (Å²) >= 11 is 5.95. The molecule has 3 aromatic rings. The van der Waals surface area contributed by atoms with E-state index in [9.17, 15) is 27.9 Å². The number of nitrogens with zero attached hydrogens (tertiary/aromatic N) is 5. The number of hydrogen-bond acceptors (Lipinski definition) is 8. The van der Waals surface area contributed by atoms with Crippen molar-refractivity contribution in [1.82, 2.24) is 30.0 Å². The Morgan fingerprint density at radius 3 is 2.80 bits per heavy atom. The SMILES string of the molecule is O=C(N[C@H]1CC[C@H](c2nnc(OCCOC(F)(F)F)o2)N(C(=O)O)C1)c1cc2cc(Cl)ccn2n1. The number of aromatic nitrogens is 4. The summed E-state index contributed by atoms with van der Waals surface area (Å²) < 4.78 is 51.2. The molecule has 1 aliphatic heterocycles. The average molecular weight is 519 g/mol. The molecule has 1 fully saturated rings. The number of carboxylic acid groups (broad SMARTS) is 1. The van der Waals surface area contributed by atoms with Gasteiger partial charge in [0, 0.05) is 23.8 Å². The molecule has 2 N–H and O–H groups in total. The molecule has 4 heterocycles. The molecule has 0 aromatic carbocycles. The Hall–Kier alpha value is -3.59. The Bertz CT molecular complexity index is 1220. The minimum Gasteiger partial charge on any atom is -0.465 e. The number of ether oxygens (including phenoxy) is 2. The first-order chi connectivity index (χ1) is 16.6. The number of pyridine rings is 1. The topological polar surface area (TPSA) is 144 Å². The first kappa shape index (κ1) is 24.5. The highest BCUT2D eigenvalue weighted by Crippen LogP contribution is 2.31. The molecule has 2 atom stereocenters. The molecule has 3 aromatic heterocycles. The van der Waals surface area contributed by atoms with Crippen molar-refractivity contribution in [2.24, 2.45) is 0 Å². The summed E-state index contributed by atoms with van der Waals surface area (Å²) in [6.07, 6.45) is -4.27. The number of piperidine rings is 1. The van der Waals surface area contributed by atoms with Crippen molar-refractivity contribution < 1.29 is 41.8 Å². The van der Waals surface area contributed by atoms with Crippen molar-refractivity contribution in [3.8, 4) is 6.08 Å². The first-order valence-corrected chi connectivity index (χ1v) is 10.6. The second-order valence-corrected chi connectivity index (χ2v) is 7.93. The van der Waals surface area contributed by atoms with Crippen molar-refractivity contribution in [1.29, 1.82) is 0 Å². The maximum atomic E-state index is 12.7. The van der Waals surface area contributed by atoms with Crippen molar-refractivity contribution >= 4 is 29.1 Å². The van der Waals surface area contributed by atoms with E-state index in [1.54, 1.807) is 24.4 Å². The zero-order valence-electron chi connectivity index (χ0n) is 17.7. The monoisotopic (exact) mass is 518 g/mol. The summed E-state index contributed by atoms with van der Waals surface area (Å²) in [5.74, 6) is -0.561. The predicted octanol–water partition coefficient (Wildman–Crippen LogP) is 2.90. The zero-order chi connectivity index (χ0) is 25.2. The van der Waals surface area contributed by atoms with Crippen molar-refractivity contribution in [3.63, 3.8) is 0 Å². The number of likely N-dealkylation sites (tertiary alicyclic amines) is 1. The fourth-order valence-electron chi connectivity index (χ4n) is 3.59. The normalized spacial score (nSPS) is 18.6. The lowest BCUT2D eigenvalue weighted by Gasteiger charge is -2.36. The van der Waals surface area contributed by atoms with Crippen LogP contribution >= 0.6 is 11.6 Å². The molecule has 35 heavy (non-hydrogen) atoms. The molecule has 1 saturated heterocycles. The van der Waals surface area contributed by atoms with Gasteiger partial charge in [0.15, 0.2) is 5.69 Å². The third-order valence-electron chi connectivity index (χ3n) is 5.10. The Labute approximate surface area is 199 Å². The number of carbonyl (C=O) groups excluding carboxylic acids is 1. The number of carbonyl (C=O) groups is 2. The van der Waals surface area contributed by atoms with Crippen LogP contribution in [0.3, 0.4) is 0 Å². The van der Waals surface area contributed by atoms with Gasteiger partial charge in [0.2, 0.25) is 5.89 Å². The molecule has 4 rings (SSSR count). The van der Waals surface area contributed by atoms with Crippen LogP contribution < -0.4 is 10.1 Å². The Balaban J connectivity index is 1.36. The van der Waals surface area contributed by atoms with Crippen LogP contribution in [0.2, 0.25) is 5.02 Å². The third-order valence-corrected chi connectivity index (χ3v) is 5.34. The molecule has 0 spiro atoms. The van der Waals surface area contributed by atoms with Crippen LogP contribution in [-0.2, 0) is 4.74 Å². The minimum atomic E-state index is -4.79. The number of alkyl halides is 3. The van der Waals surface area contributed by atoms with Gasteiger partial charge in [-0.05, 0) is 31.0 Å². The number of rotatable bonds is 7. The number of amides is 2. The molecular formula is C19H18ClF3N6O6. The standard InChI is InChI=1S/C19H18ClF3N6O6/c20-10-3-4-29-12(7-10)8-13(27-29)15(30)24-11-1-2-14(28(9-11)18(31)32)16-25-26-17(35-16)33-5-6-34-19(21,22)23/h3-4,7-8,11,14H,1-2,5-6,9H2,(H,24,30)(H,31,32)/t11-,14+/m0/s1. The van der Waals surface area contributed by atoms with Gasteiger partial charge in [-0.2, -0.15) is 5.10 Å². The zero-order valence-corrected chi connectivity index (χ0v) is 18.5. The lowest BCUT2D eigenvalue weighted by molar-refractivity contribution is -0.325. The number of nitrogens with one attached hydrogen (secondary N) is 1. The molecule has 0 saturated carbocycles. The maximum Gasteiger partial charge on any atom is 0.522 e. The van der Waals surface area contributed by atoms with E-state index < -0.39 is 49.7 Å². The largest absolute Gasteiger partial charge is 0.522 e. The molecule has 0 radical (unpaired) electrons. The quantitative estimate of drug-likeness (QED) is 0.451. The van der Waals surface area contributed by atoms with Gasteiger partial charge in [-0.1, -0.05) is 16.7 Å². The predicted molar refractivity (Wildman–Crippen MR) is 110 cm³/mol. The lowest BCUT2D eigenvalue weighted by atomic mass is 9.98. The second kappa shape index (κ2) is 9.95. The second-order valence-electron chi connectivity index (χ2n) is 7.49. The first-order valence-electron chi connectivity index (χ1n) is 10.2. The summed E-state index contributed by atoms with van der Waals surface area (Å²) in [7, 11) is 0. The van der Waals surface area contributed by atoms with Gasteiger partial charge in [-0.3, -0.25) is 14.4 Å².